The van der Waals surface area contributed by atoms with Crippen molar-refractivity contribution in [1.29, 1.82) is 0 Å². The van der Waals surface area contributed by atoms with Crippen LogP contribution in [0.4, 0.5) is 0 Å². The molecule has 2 aliphatic rings. The average Bonchev–Trinajstić information content (AvgIpc) is 3.34. The van der Waals surface area contributed by atoms with Crippen LogP contribution >= 0.6 is 0 Å². The summed E-state index contributed by atoms with van der Waals surface area (Å²) in [6, 6.07) is 40.1. The summed E-state index contributed by atoms with van der Waals surface area (Å²) in [4.78, 5) is 2.62. The molecule has 1 unspecified atom stereocenters. The second-order valence-electron chi connectivity index (χ2n) is 11.5. The molecule has 0 amide bonds. The van der Waals surface area contributed by atoms with Gasteiger partial charge in [0.1, 0.15) is 0 Å². The normalized spacial score (nSPS) is 17.4. The lowest BCUT2D eigenvalue weighted by atomic mass is 9.79. The van der Waals surface area contributed by atoms with E-state index < -0.39 is 0 Å². The SMILES string of the molecule is COc1cc2c(cc1OC)/C(=C1\c3ccccc3-c3cc(C)ccc31)C(c1ccc(C)cc1)N(Cc1ccccc1)C2. The van der Waals surface area contributed by atoms with Crippen molar-refractivity contribution in [3.8, 4) is 22.6 Å². The molecule has 0 radical (unpaired) electrons. The predicted molar refractivity (Wildman–Crippen MR) is 172 cm³/mol. The zero-order valence-electron chi connectivity index (χ0n) is 24.6. The van der Waals surface area contributed by atoms with Crippen molar-refractivity contribution in [3.05, 3.63) is 154 Å². The van der Waals surface area contributed by atoms with Crippen molar-refractivity contribution in [2.24, 2.45) is 0 Å². The summed E-state index contributed by atoms with van der Waals surface area (Å²) in [5.74, 6) is 1.51. The van der Waals surface area contributed by atoms with Crippen LogP contribution in [0, 0.1) is 13.8 Å². The Labute approximate surface area is 248 Å². The van der Waals surface area contributed by atoms with Crippen molar-refractivity contribution in [1.82, 2.24) is 4.90 Å². The smallest absolute Gasteiger partial charge is 0.161 e. The van der Waals surface area contributed by atoms with Crippen molar-refractivity contribution in [2.45, 2.75) is 33.0 Å². The van der Waals surface area contributed by atoms with Gasteiger partial charge in [0.15, 0.2) is 11.5 Å². The fourth-order valence-electron chi connectivity index (χ4n) is 6.78. The second kappa shape index (κ2) is 10.7. The molecule has 1 aliphatic heterocycles. The fraction of sp³-hybridized carbons (Fsp3) is 0.179. The molecule has 42 heavy (non-hydrogen) atoms. The van der Waals surface area contributed by atoms with Crippen molar-refractivity contribution < 1.29 is 9.47 Å². The highest BCUT2D eigenvalue weighted by Crippen LogP contribution is 2.55. The van der Waals surface area contributed by atoms with Gasteiger partial charge in [-0.15, -0.1) is 0 Å². The predicted octanol–water partition coefficient (Wildman–Crippen LogP) is 9.02. The fourth-order valence-corrected chi connectivity index (χ4v) is 6.78. The molecule has 0 bridgehead atoms. The molecule has 1 heterocycles. The summed E-state index contributed by atoms with van der Waals surface area (Å²) in [6.45, 7) is 5.95. The first-order valence-corrected chi connectivity index (χ1v) is 14.6. The highest BCUT2D eigenvalue weighted by molar-refractivity contribution is 6.12. The summed E-state index contributed by atoms with van der Waals surface area (Å²) < 4.78 is 11.7. The van der Waals surface area contributed by atoms with E-state index in [-0.39, 0.29) is 6.04 Å². The third kappa shape index (κ3) is 4.42. The van der Waals surface area contributed by atoms with Crippen LogP contribution in [0.25, 0.3) is 22.3 Å². The highest BCUT2D eigenvalue weighted by Gasteiger charge is 2.38. The minimum Gasteiger partial charge on any atom is -0.493 e. The van der Waals surface area contributed by atoms with Gasteiger partial charge in [0.2, 0.25) is 0 Å². The third-order valence-electron chi connectivity index (χ3n) is 8.73. The third-order valence-corrected chi connectivity index (χ3v) is 8.73. The van der Waals surface area contributed by atoms with E-state index in [0.717, 1.165) is 24.6 Å². The van der Waals surface area contributed by atoms with Gasteiger partial charge in [-0.2, -0.15) is 0 Å². The summed E-state index contributed by atoms with van der Waals surface area (Å²) in [5.41, 5.74) is 15.4. The van der Waals surface area contributed by atoms with Crippen LogP contribution in [-0.4, -0.2) is 19.1 Å². The van der Waals surface area contributed by atoms with Gasteiger partial charge < -0.3 is 9.47 Å². The topological polar surface area (TPSA) is 21.7 Å². The van der Waals surface area contributed by atoms with Crippen molar-refractivity contribution >= 4 is 11.1 Å². The Kier molecular flexibility index (Phi) is 6.68. The van der Waals surface area contributed by atoms with E-state index in [9.17, 15) is 0 Å². The van der Waals surface area contributed by atoms with Crippen LogP contribution in [0.5, 0.6) is 11.5 Å². The van der Waals surface area contributed by atoms with Crippen LogP contribution in [0.1, 0.15) is 50.5 Å². The lowest BCUT2D eigenvalue weighted by Crippen LogP contribution is -2.33. The first-order valence-electron chi connectivity index (χ1n) is 14.6. The Hall–Kier alpha value is -4.60. The van der Waals surface area contributed by atoms with Gasteiger partial charge >= 0.3 is 0 Å². The van der Waals surface area contributed by atoms with Gasteiger partial charge in [-0.3, -0.25) is 4.90 Å². The first-order chi connectivity index (χ1) is 20.6. The number of nitrogens with zero attached hydrogens (tertiary/aromatic N) is 1. The van der Waals surface area contributed by atoms with Gasteiger partial charge in [-0.05, 0) is 81.6 Å². The molecular formula is C39H35NO2. The minimum absolute atomic E-state index is 0.0340. The molecule has 0 fully saturated rings. The largest absolute Gasteiger partial charge is 0.493 e. The average molecular weight is 550 g/mol. The van der Waals surface area contributed by atoms with E-state index in [2.05, 4.69) is 128 Å². The van der Waals surface area contributed by atoms with E-state index in [1.807, 2.05) is 0 Å². The van der Waals surface area contributed by atoms with Gasteiger partial charge in [0.05, 0.1) is 20.3 Å². The molecule has 5 aromatic carbocycles. The van der Waals surface area contributed by atoms with Crippen molar-refractivity contribution in [2.75, 3.05) is 14.2 Å². The number of hydrogen-bond donors (Lipinski definition) is 0. The van der Waals surface area contributed by atoms with Gasteiger partial charge in [0, 0.05) is 13.1 Å². The Balaban J connectivity index is 1.58. The molecule has 208 valence electrons. The monoisotopic (exact) mass is 549 g/mol. The lowest BCUT2D eigenvalue weighted by molar-refractivity contribution is 0.210. The zero-order valence-corrected chi connectivity index (χ0v) is 24.6. The van der Waals surface area contributed by atoms with E-state index in [4.69, 9.17) is 9.47 Å². The second-order valence-corrected chi connectivity index (χ2v) is 11.5. The quantitative estimate of drug-likeness (QED) is 0.214. The molecule has 5 aromatic rings. The molecule has 1 atom stereocenters. The number of aryl methyl sites for hydroxylation is 2. The first kappa shape index (κ1) is 26.3. The Morgan fingerprint density at radius 1 is 0.619 bits per heavy atom. The molecule has 3 nitrogen and oxygen atoms in total. The Morgan fingerprint density at radius 2 is 1.26 bits per heavy atom. The van der Waals surface area contributed by atoms with Gasteiger partial charge in [-0.1, -0.05) is 108 Å². The van der Waals surface area contributed by atoms with E-state index in [0.29, 0.717) is 0 Å². The van der Waals surface area contributed by atoms with Crippen molar-refractivity contribution in [3.63, 3.8) is 0 Å². The molecule has 0 N–H and O–H groups in total. The van der Waals surface area contributed by atoms with Crippen LogP contribution in [0.2, 0.25) is 0 Å². The summed E-state index contributed by atoms with van der Waals surface area (Å²) in [6.07, 6.45) is 0. The maximum Gasteiger partial charge on any atom is 0.161 e. The number of rotatable bonds is 5. The van der Waals surface area contributed by atoms with Gasteiger partial charge in [0.25, 0.3) is 0 Å². The lowest BCUT2D eigenvalue weighted by Gasteiger charge is -2.41. The summed E-state index contributed by atoms with van der Waals surface area (Å²) in [5, 5.41) is 0. The Bertz CT molecular complexity index is 1820. The summed E-state index contributed by atoms with van der Waals surface area (Å²) >= 11 is 0. The number of benzene rings is 5. The molecule has 0 saturated carbocycles. The standard InChI is InChI=1S/C39H35NO2/c1-25-14-17-28(18-15-25)39-38(37-31-13-9-8-12-30(31)34-20-26(2)16-19-32(34)37)33-22-36(42-4)35(41-3)21-29(33)24-40(39)23-27-10-6-5-7-11-27/h5-22,39H,23-24H2,1-4H3/b38-37-. The highest BCUT2D eigenvalue weighted by atomic mass is 16.5. The number of ether oxygens (including phenoxy) is 2. The zero-order chi connectivity index (χ0) is 28.8. The molecule has 0 aromatic heterocycles. The maximum atomic E-state index is 5.89. The van der Waals surface area contributed by atoms with E-state index in [1.165, 1.54) is 66.8 Å². The molecule has 0 saturated heterocycles. The van der Waals surface area contributed by atoms with Crippen LogP contribution in [0.3, 0.4) is 0 Å². The maximum absolute atomic E-state index is 5.89. The molecular weight excluding hydrogens is 514 g/mol. The van der Waals surface area contributed by atoms with E-state index >= 15 is 0 Å². The summed E-state index contributed by atoms with van der Waals surface area (Å²) in [7, 11) is 3.44. The van der Waals surface area contributed by atoms with Crippen LogP contribution in [0.15, 0.2) is 109 Å². The minimum atomic E-state index is 0.0340. The molecule has 7 rings (SSSR count). The van der Waals surface area contributed by atoms with Crippen LogP contribution < -0.4 is 9.47 Å². The van der Waals surface area contributed by atoms with Crippen LogP contribution in [-0.2, 0) is 13.1 Å². The number of methoxy groups -OCH3 is 2. The molecule has 3 heteroatoms. The number of hydrogen-bond acceptors (Lipinski definition) is 3. The molecule has 0 spiro atoms. The molecule has 1 aliphatic carbocycles. The number of fused-ring (bicyclic) bond motifs is 4. The van der Waals surface area contributed by atoms with E-state index in [1.54, 1.807) is 14.2 Å². The van der Waals surface area contributed by atoms with Gasteiger partial charge in [-0.25, -0.2) is 0 Å². The Morgan fingerprint density at radius 3 is 2.00 bits per heavy atom.